The van der Waals surface area contributed by atoms with Crippen LogP contribution in [0, 0.1) is 6.92 Å². The molecule has 1 atom stereocenters. The largest absolute Gasteiger partial charge is 0.270 e. The van der Waals surface area contributed by atoms with Crippen molar-refractivity contribution in [2.24, 2.45) is 0 Å². The highest BCUT2D eigenvalue weighted by Gasteiger charge is 1.99. The summed E-state index contributed by atoms with van der Waals surface area (Å²) in [5.41, 5.74) is 0.931. The molecule has 0 saturated carbocycles. The van der Waals surface area contributed by atoms with Crippen molar-refractivity contribution < 1.29 is 4.39 Å². The topological polar surface area (TPSA) is 17.8 Å². The average molecular weight is 142 g/mol. The second kappa shape index (κ2) is 2.82. The summed E-state index contributed by atoms with van der Waals surface area (Å²) in [5, 5.41) is 4.03. The number of rotatable bonds is 2. The Morgan fingerprint density at radius 1 is 1.80 bits per heavy atom. The molecule has 0 N–H and O–H groups in total. The Kier molecular flexibility index (Phi) is 2.04. The van der Waals surface area contributed by atoms with Crippen molar-refractivity contribution in [1.82, 2.24) is 9.78 Å². The number of hydrogen-bond donors (Lipinski definition) is 0. The van der Waals surface area contributed by atoms with E-state index in [2.05, 4.69) is 5.10 Å². The summed E-state index contributed by atoms with van der Waals surface area (Å²) in [6, 6.07) is 1.86. The Labute approximate surface area is 59.7 Å². The fourth-order valence-corrected chi connectivity index (χ4v) is 0.823. The lowest BCUT2D eigenvalue weighted by atomic mass is 10.4. The van der Waals surface area contributed by atoms with Gasteiger partial charge in [-0.25, -0.2) is 4.39 Å². The van der Waals surface area contributed by atoms with Gasteiger partial charge in [-0.15, -0.1) is 0 Å². The Morgan fingerprint density at radius 3 is 2.90 bits per heavy atom. The molecular formula is C7H11FN2. The van der Waals surface area contributed by atoms with E-state index in [1.807, 2.05) is 13.0 Å². The molecule has 0 aliphatic heterocycles. The maximum atomic E-state index is 12.3. The standard InChI is InChI=1S/C7H11FN2/c1-6(8)5-10-4-3-7(2)9-10/h3-4,6H,5H2,1-2H3. The molecule has 1 rings (SSSR count). The summed E-state index contributed by atoms with van der Waals surface area (Å²) in [5.74, 6) is 0. The third kappa shape index (κ3) is 1.83. The summed E-state index contributed by atoms with van der Waals surface area (Å²) in [7, 11) is 0. The first kappa shape index (κ1) is 7.25. The SMILES string of the molecule is Cc1ccn(CC(C)F)n1. The molecule has 0 amide bonds. The number of nitrogens with zero attached hydrogens (tertiary/aromatic N) is 2. The van der Waals surface area contributed by atoms with Gasteiger partial charge in [0, 0.05) is 6.20 Å². The van der Waals surface area contributed by atoms with Crippen molar-refractivity contribution in [1.29, 1.82) is 0 Å². The van der Waals surface area contributed by atoms with Crippen LogP contribution in [-0.4, -0.2) is 16.0 Å². The van der Waals surface area contributed by atoms with Crippen LogP contribution in [0.2, 0.25) is 0 Å². The fraction of sp³-hybridized carbons (Fsp3) is 0.571. The van der Waals surface area contributed by atoms with Crippen LogP contribution < -0.4 is 0 Å². The fourth-order valence-electron chi connectivity index (χ4n) is 0.823. The van der Waals surface area contributed by atoms with Gasteiger partial charge < -0.3 is 0 Å². The highest BCUT2D eigenvalue weighted by molar-refractivity contribution is 4.94. The van der Waals surface area contributed by atoms with E-state index in [0.717, 1.165) is 5.69 Å². The van der Waals surface area contributed by atoms with Crippen LogP contribution in [0.25, 0.3) is 0 Å². The zero-order valence-corrected chi connectivity index (χ0v) is 6.21. The van der Waals surface area contributed by atoms with Crippen molar-refractivity contribution in [2.45, 2.75) is 26.6 Å². The van der Waals surface area contributed by atoms with Crippen LogP contribution in [0.5, 0.6) is 0 Å². The van der Waals surface area contributed by atoms with Crippen molar-refractivity contribution in [3.05, 3.63) is 18.0 Å². The first-order valence-electron chi connectivity index (χ1n) is 3.32. The van der Waals surface area contributed by atoms with E-state index in [9.17, 15) is 4.39 Å². The second-order valence-electron chi connectivity index (χ2n) is 2.46. The van der Waals surface area contributed by atoms with Gasteiger partial charge in [-0.3, -0.25) is 4.68 Å². The molecule has 1 unspecified atom stereocenters. The minimum Gasteiger partial charge on any atom is -0.270 e. The van der Waals surface area contributed by atoms with E-state index in [1.54, 1.807) is 10.9 Å². The molecule has 1 heterocycles. The molecule has 0 spiro atoms. The quantitative estimate of drug-likeness (QED) is 0.612. The summed E-state index contributed by atoms with van der Waals surface area (Å²) >= 11 is 0. The van der Waals surface area contributed by atoms with Gasteiger partial charge in [-0.05, 0) is 19.9 Å². The van der Waals surface area contributed by atoms with E-state index in [-0.39, 0.29) is 0 Å². The lowest BCUT2D eigenvalue weighted by Crippen LogP contribution is -2.07. The molecule has 2 nitrogen and oxygen atoms in total. The minimum absolute atomic E-state index is 0.355. The highest BCUT2D eigenvalue weighted by Crippen LogP contribution is 1.96. The van der Waals surface area contributed by atoms with Crippen molar-refractivity contribution in [2.75, 3.05) is 0 Å². The number of alkyl halides is 1. The van der Waals surface area contributed by atoms with E-state index >= 15 is 0 Å². The van der Waals surface area contributed by atoms with E-state index < -0.39 is 6.17 Å². The zero-order chi connectivity index (χ0) is 7.56. The average Bonchev–Trinajstić information content (AvgIpc) is 2.13. The number of halogens is 1. The van der Waals surface area contributed by atoms with Crippen LogP contribution in [-0.2, 0) is 6.54 Å². The lowest BCUT2D eigenvalue weighted by Gasteiger charge is -1.99. The van der Waals surface area contributed by atoms with Gasteiger partial charge in [-0.2, -0.15) is 5.10 Å². The van der Waals surface area contributed by atoms with Crippen LogP contribution in [0.1, 0.15) is 12.6 Å². The van der Waals surface area contributed by atoms with Crippen molar-refractivity contribution in [3.63, 3.8) is 0 Å². The summed E-state index contributed by atoms with van der Waals surface area (Å²) in [6.07, 6.45) is 0.963. The van der Waals surface area contributed by atoms with Gasteiger partial charge in [-0.1, -0.05) is 0 Å². The van der Waals surface area contributed by atoms with Crippen molar-refractivity contribution in [3.8, 4) is 0 Å². The van der Waals surface area contributed by atoms with E-state index in [0.29, 0.717) is 6.54 Å². The Morgan fingerprint density at radius 2 is 2.50 bits per heavy atom. The molecule has 1 aromatic rings. The van der Waals surface area contributed by atoms with Crippen LogP contribution in [0.3, 0.4) is 0 Å². The van der Waals surface area contributed by atoms with Crippen molar-refractivity contribution >= 4 is 0 Å². The zero-order valence-electron chi connectivity index (χ0n) is 6.21. The van der Waals surface area contributed by atoms with Gasteiger partial charge in [0.25, 0.3) is 0 Å². The molecule has 0 aliphatic rings. The molecule has 10 heavy (non-hydrogen) atoms. The third-order valence-electron chi connectivity index (χ3n) is 1.21. The molecule has 0 saturated heterocycles. The van der Waals surface area contributed by atoms with Crippen LogP contribution in [0.15, 0.2) is 12.3 Å². The molecule has 0 radical (unpaired) electrons. The van der Waals surface area contributed by atoms with Gasteiger partial charge in [0.1, 0.15) is 6.17 Å². The monoisotopic (exact) mass is 142 g/mol. The minimum atomic E-state index is -0.820. The Balaban J connectivity index is 2.58. The summed E-state index contributed by atoms with van der Waals surface area (Å²) < 4.78 is 13.9. The van der Waals surface area contributed by atoms with Gasteiger partial charge in [0.2, 0.25) is 0 Å². The highest BCUT2D eigenvalue weighted by atomic mass is 19.1. The molecule has 3 heteroatoms. The smallest absolute Gasteiger partial charge is 0.117 e. The predicted octanol–water partition coefficient (Wildman–Crippen LogP) is 1.55. The molecular weight excluding hydrogens is 131 g/mol. The molecule has 0 bridgehead atoms. The first-order chi connectivity index (χ1) is 4.68. The summed E-state index contributed by atoms with van der Waals surface area (Å²) in [6.45, 7) is 3.77. The maximum absolute atomic E-state index is 12.3. The van der Waals surface area contributed by atoms with Gasteiger partial charge in [0.05, 0.1) is 12.2 Å². The lowest BCUT2D eigenvalue weighted by molar-refractivity contribution is 0.309. The Hall–Kier alpha value is -0.860. The predicted molar refractivity (Wildman–Crippen MR) is 37.5 cm³/mol. The molecule has 56 valence electrons. The maximum Gasteiger partial charge on any atom is 0.117 e. The number of hydrogen-bond acceptors (Lipinski definition) is 1. The Bertz CT molecular complexity index is 205. The van der Waals surface area contributed by atoms with Gasteiger partial charge in [0.15, 0.2) is 0 Å². The normalized spacial score (nSPS) is 13.5. The van der Waals surface area contributed by atoms with Crippen LogP contribution in [0.4, 0.5) is 4.39 Å². The molecule has 1 aromatic heterocycles. The van der Waals surface area contributed by atoms with E-state index in [4.69, 9.17) is 0 Å². The third-order valence-corrected chi connectivity index (χ3v) is 1.21. The van der Waals surface area contributed by atoms with E-state index in [1.165, 1.54) is 6.92 Å². The molecule has 0 fully saturated rings. The van der Waals surface area contributed by atoms with Crippen LogP contribution >= 0.6 is 0 Å². The van der Waals surface area contributed by atoms with Gasteiger partial charge >= 0.3 is 0 Å². The first-order valence-corrected chi connectivity index (χ1v) is 3.32. The second-order valence-corrected chi connectivity index (χ2v) is 2.46. The number of aryl methyl sites for hydroxylation is 1. The molecule has 0 aromatic carbocycles. The molecule has 0 aliphatic carbocycles. The summed E-state index contributed by atoms with van der Waals surface area (Å²) in [4.78, 5) is 0. The number of aromatic nitrogens is 2.